The van der Waals surface area contributed by atoms with Crippen molar-refractivity contribution in [1.29, 1.82) is 0 Å². The molecule has 0 saturated carbocycles. The van der Waals surface area contributed by atoms with E-state index in [9.17, 15) is 14.7 Å². The molecule has 5 atom stereocenters. The van der Waals surface area contributed by atoms with Crippen LogP contribution in [0.5, 0.6) is 57.5 Å². The maximum atomic E-state index is 12.9. The number of hydrogen-bond acceptors (Lipinski definition) is 15. The average molecular weight is 1050 g/mol. The average Bonchev–Trinajstić information content (AvgIpc) is 3.43. The predicted octanol–water partition coefficient (Wildman–Crippen LogP) is 8.52. The van der Waals surface area contributed by atoms with Gasteiger partial charge in [-0.05, 0) is 83.6 Å². The van der Waals surface area contributed by atoms with Gasteiger partial charge in [0.2, 0.25) is 11.5 Å². The van der Waals surface area contributed by atoms with Gasteiger partial charge in [-0.2, -0.15) is 0 Å². The zero-order valence-electron chi connectivity index (χ0n) is 46.2. The molecule has 17 nitrogen and oxygen atoms in total. The van der Waals surface area contributed by atoms with Gasteiger partial charge in [-0.15, -0.1) is 0 Å². The quantitative estimate of drug-likeness (QED) is 0.0249. The topological polar surface area (TPSA) is 165 Å². The maximum Gasteiger partial charge on any atom is 0.306 e. The van der Waals surface area contributed by atoms with Crippen molar-refractivity contribution in [3.63, 3.8) is 0 Å². The molecule has 0 fully saturated rings. The molecule has 0 aromatic heterocycles. The fourth-order valence-corrected chi connectivity index (χ4v) is 10.9. The van der Waals surface area contributed by atoms with E-state index < -0.39 is 12.1 Å². The molecule has 75 heavy (non-hydrogen) atoms. The van der Waals surface area contributed by atoms with Crippen molar-refractivity contribution in [3.05, 3.63) is 94.1 Å². The van der Waals surface area contributed by atoms with Crippen molar-refractivity contribution in [3.8, 4) is 57.5 Å². The van der Waals surface area contributed by atoms with E-state index in [1.54, 1.807) is 83.2 Å². The highest BCUT2D eigenvalue weighted by molar-refractivity contribution is 5.70. The van der Waals surface area contributed by atoms with Crippen molar-refractivity contribution in [1.82, 2.24) is 0 Å². The van der Waals surface area contributed by atoms with E-state index in [1.165, 1.54) is 11.1 Å². The van der Waals surface area contributed by atoms with E-state index in [2.05, 4.69) is 26.2 Å². The Balaban J connectivity index is 0.978. The summed E-state index contributed by atoms with van der Waals surface area (Å²) in [5.41, 5.74) is 6.05. The number of benzene rings is 4. The van der Waals surface area contributed by atoms with Crippen molar-refractivity contribution in [2.45, 2.75) is 76.0 Å². The third-order valence-electron chi connectivity index (χ3n) is 15.0. The minimum Gasteiger partial charge on any atom is -0.493 e. The van der Waals surface area contributed by atoms with Crippen molar-refractivity contribution >= 4 is 11.9 Å². The fraction of sp³-hybridized carbons (Fsp3) is 0.517. The standard InChI is InChI=1S/C58H80N2O15/c1-59(25-21-39-32-45(64-3)47(66-5)36-42(39)44(59)29-38-30-49(68-7)57(72-11)50(31-38)69-8)23-17-27-74-53(61)19-15-13-14-16-20-54(62)75-28-18-24-60(2)26-22-40-33-46(65-4)48(67-6)37-43(40)55(60)56(63)41-34-51(70-9)58(73-12)52(35-41)71-10/h13-14,30-37,44,55-56,63H,15-29H2,1-12H3/q+2/b14-13-. The lowest BCUT2D eigenvalue weighted by Gasteiger charge is -2.47. The molecule has 4 aromatic carbocycles. The van der Waals surface area contributed by atoms with Crippen molar-refractivity contribution in [2.75, 3.05) is 125 Å². The highest BCUT2D eigenvalue weighted by Gasteiger charge is 2.45. The molecule has 0 aliphatic carbocycles. The molecule has 0 bridgehead atoms. The maximum absolute atomic E-state index is 12.9. The minimum atomic E-state index is -0.982. The lowest BCUT2D eigenvalue weighted by molar-refractivity contribution is -0.946. The normalized spacial score (nSPS) is 19.2. The molecule has 0 spiro atoms. The van der Waals surface area contributed by atoms with E-state index in [0.29, 0.717) is 113 Å². The van der Waals surface area contributed by atoms with Gasteiger partial charge in [-0.25, -0.2) is 0 Å². The first-order valence-corrected chi connectivity index (χ1v) is 25.6. The summed E-state index contributed by atoms with van der Waals surface area (Å²) >= 11 is 0. The predicted molar refractivity (Wildman–Crippen MR) is 283 cm³/mol. The first kappa shape index (κ1) is 57.7. The van der Waals surface area contributed by atoms with Crippen LogP contribution in [-0.4, -0.2) is 151 Å². The van der Waals surface area contributed by atoms with Crippen LogP contribution in [0.1, 0.15) is 90.1 Å². The number of carbonyl (C=O) groups is 2. The van der Waals surface area contributed by atoms with E-state index in [-0.39, 0.29) is 37.4 Å². The van der Waals surface area contributed by atoms with Crippen LogP contribution in [0.4, 0.5) is 0 Å². The second-order valence-electron chi connectivity index (χ2n) is 19.5. The summed E-state index contributed by atoms with van der Waals surface area (Å²) < 4.78 is 69.3. The number of likely N-dealkylation sites (N-methyl/N-ethyl adjacent to an activating group) is 2. The van der Waals surface area contributed by atoms with E-state index in [0.717, 1.165) is 53.6 Å². The van der Waals surface area contributed by atoms with Gasteiger partial charge in [0.1, 0.15) is 18.2 Å². The lowest BCUT2D eigenvalue weighted by atomic mass is 9.84. The third kappa shape index (κ3) is 13.5. The molecule has 410 valence electrons. The van der Waals surface area contributed by atoms with Crippen LogP contribution in [-0.2, 0) is 38.3 Å². The van der Waals surface area contributed by atoms with Crippen LogP contribution in [0, 0.1) is 0 Å². The number of quaternary nitrogens is 2. The number of nitrogens with zero attached hydrogens (tertiary/aromatic N) is 2. The third-order valence-corrected chi connectivity index (χ3v) is 15.0. The van der Waals surface area contributed by atoms with Gasteiger partial charge < -0.3 is 70.9 Å². The number of ether oxygens (including phenoxy) is 12. The van der Waals surface area contributed by atoms with Crippen LogP contribution in [0.3, 0.4) is 0 Å². The first-order chi connectivity index (χ1) is 36.2. The minimum absolute atomic E-state index is 0.0458. The zero-order chi connectivity index (χ0) is 54.3. The fourth-order valence-electron chi connectivity index (χ4n) is 10.9. The summed E-state index contributed by atoms with van der Waals surface area (Å²) in [5, 5.41) is 12.3. The summed E-state index contributed by atoms with van der Waals surface area (Å²) in [4.78, 5) is 25.7. The number of aliphatic hydroxyl groups excluding tert-OH is 1. The Hall–Kier alpha value is -6.56. The second kappa shape index (κ2) is 26.8. The van der Waals surface area contributed by atoms with Crippen LogP contribution in [0.25, 0.3) is 0 Å². The molecule has 5 unspecified atom stereocenters. The monoisotopic (exact) mass is 1040 g/mol. The SMILES string of the molecule is COc1cc2c(cc1OC)C(Cc1cc(OC)c(OC)c(OC)c1)[N+](C)(CCCOC(=O)CC/C=C\CCC(=O)OCCC[N+]1(C)CCc3cc(OC)c(OC)cc3C1C(O)c1cc(OC)c(OC)c(OC)c1)CC2. The van der Waals surface area contributed by atoms with E-state index >= 15 is 0 Å². The Morgan fingerprint density at radius 3 is 1.39 bits per heavy atom. The molecule has 17 heteroatoms. The van der Waals surface area contributed by atoms with Gasteiger partial charge in [0.15, 0.2) is 46.0 Å². The van der Waals surface area contributed by atoms with Gasteiger partial charge in [-0.3, -0.25) is 9.59 Å². The Labute approximate surface area is 443 Å². The van der Waals surface area contributed by atoms with E-state index in [1.807, 2.05) is 36.4 Å². The lowest BCUT2D eigenvalue weighted by Crippen LogP contribution is -2.54. The molecular weight excluding hydrogens is 965 g/mol. The smallest absolute Gasteiger partial charge is 0.306 e. The highest BCUT2D eigenvalue weighted by Crippen LogP contribution is 2.50. The second-order valence-corrected chi connectivity index (χ2v) is 19.5. The number of carbonyl (C=O) groups excluding carboxylic acids is 2. The summed E-state index contributed by atoms with van der Waals surface area (Å²) in [6.07, 6.45) is 7.83. The Morgan fingerprint density at radius 2 is 0.933 bits per heavy atom. The number of allylic oxidation sites excluding steroid dienone is 2. The van der Waals surface area contributed by atoms with Gasteiger partial charge in [0, 0.05) is 56.1 Å². The van der Waals surface area contributed by atoms with Gasteiger partial charge in [-0.1, -0.05) is 12.2 Å². The van der Waals surface area contributed by atoms with Crippen LogP contribution >= 0.6 is 0 Å². The summed E-state index contributed by atoms with van der Waals surface area (Å²) in [7, 11) is 20.4. The van der Waals surface area contributed by atoms with Crippen LogP contribution in [0.2, 0.25) is 0 Å². The number of rotatable bonds is 28. The first-order valence-electron chi connectivity index (χ1n) is 25.6. The Bertz CT molecular complexity index is 2550. The molecule has 4 aromatic rings. The van der Waals surface area contributed by atoms with Gasteiger partial charge >= 0.3 is 11.9 Å². The molecule has 2 aliphatic rings. The Morgan fingerprint density at radius 1 is 0.533 bits per heavy atom. The number of fused-ring (bicyclic) bond motifs is 2. The molecule has 2 aliphatic heterocycles. The van der Waals surface area contributed by atoms with Crippen LogP contribution in [0.15, 0.2) is 60.7 Å². The number of aliphatic hydroxyl groups is 1. The largest absolute Gasteiger partial charge is 0.493 e. The molecule has 2 heterocycles. The highest BCUT2D eigenvalue weighted by atomic mass is 16.6. The van der Waals surface area contributed by atoms with Gasteiger partial charge in [0.25, 0.3) is 0 Å². The summed E-state index contributed by atoms with van der Waals surface area (Å²) in [6.45, 7) is 3.56. The zero-order valence-corrected chi connectivity index (χ0v) is 46.2. The van der Waals surface area contributed by atoms with Crippen molar-refractivity contribution in [2.24, 2.45) is 0 Å². The summed E-state index contributed by atoms with van der Waals surface area (Å²) in [5.74, 6) is 5.08. The molecule has 0 saturated heterocycles. The van der Waals surface area contributed by atoms with Gasteiger partial charge in [0.05, 0.1) is 125 Å². The Kier molecular flexibility index (Phi) is 20.6. The molecule has 0 amide bonds. The molecule has 1 N–H and O–H groups in total. The van der Waals surface area contributed by atoms with Crippen molar-refractivity contribution < 1.29 is 80.5 Å². The number of hydrogen-bond donors (Lipinski definition) is 1. The summed E-state index contributed by atoms with van der Waals surface area (Å²) in [6, 6.07) is 15.3. The number of methoxy groups -OCH3 is 10. The number of esters is 2. The molecular formula is C58H80N2O15+2. The van der Waals surface area contributed by atoms with E-state index in [4.69, 9.17) is 56.8 Å². The molecule has 0 radical (unpaired) electrons. The van der Waals surface area contributed by atoms with Crippen LogP contribution < -0.4 is 47.4 Å². The molecule has 6 rings (SSSR count).